The van der Waals surface area contributed by atoms with Gasteiger partial charge < -0.3 is 10.0 Å². The Morgan fingerprint density at radius 2 is 1.95 bits per heavy atom. The van der Waals surface area contributed by atoms with Gasteiger partial charge in [0.1, 0.15) is 5.56 Å². The van der Waals surface area contributed by atoms with Crippen LogP contribution >= 0.6 is 0 Å². The van der Waals surface area contributed by atoms with E-state index in [2.05, 4.69) is 0 Å². The number of piperidine rings is 1. The highest BCUT2D eigenvalue weighted by Crippen LogP contribution is 2.32. The zero-order valence-corrected chi connectivity index (χ0v) is 11.9. The lowest BCUT2D eigenvalue weighted by Gasteiger charge is -2.36. The number of carboxylic acids is 1. The summed E-state index contributed by atoms with van der Waals surface area (Å²) >= 11 is 0. The second-order valence-electron chi connectivity index (χ2n) is 5.73. The van der Waals surface area contributed by atoms with Gasteiger partial charge in [0.15, 0.2) is 5.82 Å². The fraction of sp³-hybridized carbons (Fsp3) is 0.500. The van der Waals surface area contributed by atoms with Crippen LogP contribution in [0.2, 0.25) is 0 Å². The number of carbonyl (C=O) groups is 1. The molecule has 0 amide bonds. The van der Waals surface area contributed by atoms with Crippen molar-refractivity contribution in [2.24, 2.45) is 11.8 Å². The fourth-order valence-electron chi connectivity index (χ4n) is 2.98. The van der Waals surface area contributed by atoms with E-state index in [1.54, 1.807) is 4.90 Å². The van der Waals surface area contributed by atoms with Crippen molar-refractivity contribution in [1.29, 1.82) is 0 Å². The Morgan fingerprint density at radius 1 is 1.38 bits per heavy atom. The van der Waals surface area contributed by atoms with Gasteiger partial charge in [-0.05, 0) is 24.3 Å². The van der Waals surface area contributed by atoms with E-state index in [1.165, 1.54) is 0 Å². The molecule has 6 nitrogen and oxygen atoms in total. The zero-order chi connectivity index (χ0) is 15.7. The molecule has 2 rings (SSSR count). The van der Waals surface area contributed by atoms with Gasteiger partial charge in [-0.15, -0.1) is 0 Å². The van der Waals surface area contributed by atoms with E-state index in [1.807, 2.05) is 13.8 Å². The molecule has 0 aromatic heterocycles. The number of benzene rings is 1. The van der Waals surface area contributed by atoms with E-state index >= 15 is 0 Å². The number of hydrogen-bond donors (Lipinski definition) is 1. The molecule has 2 atom stereocenters. The zero-order valence-electron chi connectivity index (χ0n) is 11.9. The summed E-state index contributed by atoms with van der Waals surface area (Å²) in [6.45, 7) is 5.31. The molecule has 114 valence electrons. The molecule has 1 N–H and O–H groups in total. The summed E-state index contributed by atoms with van der Waals surface area (Å²) in [4.78, 5) is 22.9. The largest absolute Gasteiger partial charge is 0.477 e. The van der Waals surface area contributed by atoms with Crippen LogP contribution < -0.4 is 4.90 Å². The lowest BCUT2D eigenvalue weighted by molar-refractivity contribution is -0.385. The highest BCUT2D eigenvalue weighted by molar-refractivity contribution is 5.93. The van der Waals surface area contributed by atoms with Gasteiger partial charge in [0.2, 0.25) is 0 Å². The quantitative estimate of drug-likeness (QED) is 0.685. The molecule has 1 heterocycles. The van der Waals surface area contributed by atoms with Crippen LogP contribution in [0.25, 0.3) is 0 Å². The Morgan fingerprint density at radius 3 is 2.43 bits per heavy atom. The third-order valence-corrected chi connectivity index (χ3v) is 3.70. The Kier molecular flexibility index (Phi) is 4.11. The van der Waals surface area contributed by atoms with E-state index in [4.69, 9.17) is 5.11 Å². The van der Waals surface area contributed by atoms with Crippen molar-refractivity contribution in [2.45, 2.75) is 20.3 Å². The molecule has 0 bridgehead atoms. The van der Waals surface area contributed by atoms with Crippen molar-refractivity contribution >= 4 is 17.3 Å². The van der Waals surface area contributed by atoms with Gasteiger partial charge in [-0.2, -0.15) is 0 Å². The Hall–Kier alpha value is -2.18. The summed E-state index contributed by atoms with van der Waals surface area (Å²) in [5.74, 6) is -1.47. The average Bonchev–Trinajstić information content (AvgIpc) is 2.36. The number of nitro groups is 1. The van der Waals surface area contributed by atoms with E-state index in [0.717, 1.165) is 12.5 Å². The van der Waals surface area contributed by atoms with E-state index < -0.39 is 28.0 Å². The molecule has 1 aromatic rings. The fourth-order valence-corrected chi connectivity index (χ4v) is 2.98. The summed E-state index contributed by atoms with van der Waals surface area (Å²) < 4.78 is 14.2. The molecule has 0 aliphatic carbocycles. The molecule has 7 heteroatoms. The van der Waals surface area contributed by atoms with Crippen LogP contribution in [0.3, 0.4) is 0 Å². The Labute approximate surface area is 121 Å². The SMILES string of the molecule is CC1CC(C)CN(c2cc(C(=O)O)c([N+](=O)[O-])cc2F)C1. The predicted molar refractivity (Wildman–Crippen MR) is 75.2 cm³/mol. The third-order valence-electron chi connectivity index (χ3n) is 3.70. The minimum absolute atomic E-state index is 0.122. The number of aromatic carboxylic acids is 1. The number of anilines is 1. The second-order valence-corrected chi connectivity index (χ2v) is 5.73. The van der Waals surface area contributed by atoms with Crippen LogP contribution in [0, 0.1) is 27.8 Å². The highest BCUT2D eigenvalue weighted by Gasteiger charge is 2.28. The van der Waals surface area contributed by atoms with E-state index in [0.29, 0.717) is 31.0 Å². The number of carboxylic acid groups (broad SMARTS) is 1. The Bertz CT molecular complexity index is 581. The molecule has 1 saturated heterocycles. The summed E-state index contributed by atoms with van der Waals surface area (Å²) in [6, 6.07) is 1.77. The predicted octanol–water partition coefficient (Wildman–Crippen LogP) is 2.91. The van der Waals surface area contributed by atoms with Gasteiger partial charge in [0, 0.05) is 13.1 Å². The van der Waals surface area contributed by atoms with Crippen LogP contribution in [0.5, 0.6) is 0 Å². The second kappa shape index (κ2) is 5.67. The summed E-state index contributed by atoms with van der Waals surface area (Å²) in [5, 5.41) is 19.9. The first kappa shape index (κ1) is 15.2. The van der Waals surface area contributed by atoms with Crippen molar-refractivity contribution in [3.05, 3.63) is 33.6 Å². The van der Waals surface area contributed by atoms with Gasteiger partial charge in [0.25, 0.3) is 5.69 Å². The Balaban J connectivity index is 2.47. The van der Waals surface area contributed by atoms with Crippen molar-refractivity contribution < 1.29 is 19.2 Å². The van der Waals surface area contributed by atoms with Gasteiger partial charge in [-0.1, -0.05) is 13.8 Å². The standard InChI is InChI=1S/C14H17FN2O4/c1-8-3-9(2)7-16(6-8)13-4-10(14(18)19)12(17(20)21)5-11(13)15/h4-5,8-9H,3,6-7H2,1-2H3,(H,18,19). The first-order valence-corrected chi connectivity index (χ1v) is 6.75. The normalized spacial score (nSPS) is 22.1. The average molecular weight is 296 g/mol. The van der Waals surface area contributed by atoms with Crippen molar-refractivity contribution in [3.63, 3.8) is 0 Å². The number of halogens is 1. The van der Waals surface area contributed by atoms with Crippen LogP contribution in [0.1, 0.15) is 30.6 Å². The van der Waals surface area contributed by atoms with Gasteiger partial charge in [-0.3, -0.25) is 10.1 Å². The number of nitrogens with zero attached hydrogens (tertiary/aromatic N) is 2. The molecule has 1 aromatic carbocycles. The van der Waals surface area contributed by atoms with Crippen LogP contribution in [-0.4, -0.2) is 29.1 Å². The van der Waals surface area contributed by atoms with Crippen molar-refractivity contribution in [2.75, 3.05) is 18.0 Å². The number of nitro benzene ring substituents is 1. The summed E-state index contributed by atoms with van der Waals surface area (Å²) in [6.07, 6.45) is 1.02. The number of rotatable bonds is 3. The maximum Gasteiger partial charge on any atom is 0.342 e. The molecule has 1 aliphatic heterocycles. The smallest absolute Gasteiger partial charge is 0.342 e. The molecule has 0 radical (unpaired) electrons. The van der Waals surface area contributed by atoms with Crippen molar-refractivity contribution in [3.8, 4) is 0 Å². The highest BCUT2D eigenvalue weighted by atomic mass is 19.1. The lowest BCUT2D eigenvalue weighted by atomic mass is 9.91. The van der Waals surface area contributed by atoms with Crippen LogP contribution in [-0.2, 0) is 0 Å². The van der Waals surface area contributed by atoms with Crippen LogP contribution in [0.4, 0.5) is 15.8 Å². The first-order valence-electron chi connectivity index (χ1n) is 6.75. The molecule has 0 spiro atoms. The first-order chi connectivity index (χ1) is 9.79. The molecular formula is C14H17FN2O4. The monoisotopic (exact) mass is 296 g/mol. The van der Waals surface area contributed by atoms with E-state index in [9.17, 15) is 19.3 Å². The molecule has 1 aliphatic rings. The van der Waals surface area contributed by atoms with Gasteiger partial charge in [-0.25, -0.2) is 9.18 Å². The topological polar surface area (TPSA) is 83.7 Å². The molecule has 1 fully saturated rings. The van der Waals surface area contributed by atoms with Crippen LogP contribution in [0.15, 0.2) is 12.1 Å². The maximum absolute atomic E-state index is 14.2. The molecular weight excluding hydrogens is 279 g/mol. The minimum Gasteiger partial charge on any atom is -0.477 e. The van der Waals surface area contributed by atoms with Crippen molar-refractivity contribution in [1.82, 2.24) is 0 Å². The summed E-state index contributed by atoms with van der Waals surface area (Å²) in [7, 11) is 0. The number of hydrogen-bond acceptors (Lipinski definition) is 4. The van der Waals surface area contributed by atoms with E-state index in [-0.39, 0.29) is 5.69 Å². The molecule has 21 heavy (non-hydrogen) atoms. The lowest BCUT2D eigenvalue weighted by Crippen LogP contribution is -2.39. The molecule has 2 unspecified atom stereocenters. The van der Waals surface area contributed by atoms with Gasteiger partial charge >= 0.3 is 5.97 Å². The molecule has 0 saturated carbocycles. The third kappa shape index (κ3) is 3.12. The minimum atomic E-state index is -1.43. The maximum atomic E-state index is 14.2. The summed E-state index contributed by atoms with van der Waals surface area (Å²) in [5.41, 5.74) is -1.08. The van der Waals surface area contributed by atoms with Gasteiger partial charge in [0.05, 0.1) is 16.7 Å².